The van der Waals surface area contributed by atoms with Crippen molar-refractivity contribution in [3.63, 3.8) is 0 Å². The number of nitrogens with one attached hydrogen (secondary N) is 1. The second-order valence-corrected chi connectivity index (χ2v) is 4.79. The topological polar surface area (TPSA) is 32.3 Å². The van der Waals surface area contributed by atoms with Gasteiger partial charge in [-0.1, -0.05) is 36.4 Å². The summed E-state index contributed by atoms with van der Waals surface area (Å²) in [5.74, 6) is 0. The van der Waals surface area contributed by atoms with Crippen molar-refractivity contribution in [2.75, 3.05) is 5.32 Å². The van der Waals surface area contributed by atoms with Gasteiger partial charge in [-0.3, -0.25) is 0 Å². The molecule has 0 bridgehead atoms. The predicted molar refractivity (Wildman–Crippen MR) is 73.5 cm³/mol. The molecule has 2 heteroatoms. The van der Waals surface area contributed by atoms with E-state index in [9.17, 15) is 0 Å². The van der Waals surface area contributed by atoms with Gasteiger partial charge < -0.3 is 10.4 Å². The second kappa shape index (κ2) is 4.83. The average Bonchev–Trinajstić information content (AvgIpc) is 2.83. The van der Waals surface area contributed by atoms with Crippen molar-refractivity contribution in [3.05, 3.63) is 65.2 Å². The molecule has 0 saturated heterocycles. The van der Waals surface area contributed by atoms with E-state index in [0.29, 0.717) is 6.04 Å². The fourth-order valence-corrected chi connectivity index (χ4v) is 2.61. The summed E-state index contributed by atoms with van der Waals surface area (Å²) in [5, 5.41) is 12.6. The lowest BCUT2D eigenvalue weighted by Crippen LogP contribution is -2.06. The summed E-state index contributed by atoms with van der Waals surface area (Å²) in [4.78, 5) is 0. The zero-order valence-electron chi connectivity index (χ0n) is 10.3. The zero-order valence-corrected chi connectivity index (χ0v) is 10.3. The molecule has 1 aliphatic carbocycles. The van der Waals surface area contributed by atoms with Crippen molar-refractivity contribution in [2.45, 2.75) is 25.5 Å². The maximum Gasteiger partial charge on any atom is 0.0681 e. The van der Waals surface area contributed by atoms with Crippen LogP contribution in [0.25, 0.3) is 0 Å². The Balaban J connectivity index is 1.77. The Kier molecular flexibility index (Phi) is 3.03. The van der Waals surface area contributed by atoms with E-state index in [4.69, 9.17) is 5.11 Å². The molecule has 0 spiro atoms. The van der Waals surface area contributed by atoms with Gasteiger partial charge in [0.05, 0.1) is 12.6 Å². The van der Waals surface area contributed by atoms with Gasteiger partial charge in [0.1, 0.15) is 0 Å². The van der Waals surface area contributed by atoms with Gasteiger partial charge in [0.2, 0.25) is 0 Å². The lowest BCUT2D eigenvalue weighted by atomic mass is 10.1. The molecular formula is C16H17NO. The molecule has 92 valence electrons. The molecule has 0 heterocycles. The smallest absolute Gasteiger partial charge is 0.0681 e. The standard InChI is InChI=1S/C16H17NO/c18-11-12-5-8-14(9-6-12)17-16-10-7-13-3-1-2-4-15(13)16/h1-6,8-9,16-18H,7,10-11H2. The van der Waals surface area contributed by atoms with E-state index in [1.54, 1.807) is 0 Å². The number of aryl methyl sites for hydroxylation is 1. The highest BCUT2D eigenvalue weighted by molar-refractivity contribution is 5.49. The van der Waals surface area contributed by atoms with Crippen LogP contribution in [-0.4, -0.2) is 5.11 Å². The number of anilines is 1. The molecule has 0 saturated carbocycles. The summed E-state index contributed by atoms with van der Waals surface area (Å²) in [6.07, 6.45) is 2.31. The number of fused-ring (bicyclic) bond motifs is 1. The van der Waals surface area contributed by atoms with Crippen molar-refractivity contribution in [1.82, 2.24) is 0 Å². The van der Waals surface area contributed by atoms with E-state index >= 15 is 0 Å². The number of rotatable bonds is 3. The van der Waals surface area contributed by atoms with Crippen LogP contribution in [0.2, 0.25) is 0 Å². The molecule has 0 amide bonds. The fraction of sp³-hybridized carbons (Fsp3) is 0.250. The van der Waals surface area contributed by atoms with Crippen molar-refractivity contribution in [1.29, 1.82) is 0 Å². The fourth-order valence-electron chi connectivity index (χ4n) is 2.61. The average molecular weight is 239 g/mol. The van der Waals surface area contributed by atoms with E-state index in [-0.39, 0.29) is 6.61 Å². The molecule has 0 fully saturated rings. The lowest BCUT2D eigenvalue weighted by Gasteiger charge is -2.15. The van der Waals surface area contributed by atoms with Gasteiger partial charge in [-0.25, -0.2) is 0 Å². The van der Waals surface area contributed by atoms with Crippen LogP contribution < -0.4 is 5.32 Å². The molecule has 0 radical (unpaired) electrons. The van der Waals surface area contributed by atoms with Crippen LogP contribution in [0.4, 0.5) is 5.69 Å². The van der Waals surface area contributed by atoms with Crippen molar-refractivity contribution >= 4 is 5.69 Å². The van der Waals surface area contributed by atoms with E-state index in [1.807, 2.05) is 24.3 Å². The van der Waals surface area contributed by atoms with Gasteiger partial charge >= 0.3 is 0 Å². The maximum absolute atomic E-state index is 9.02. The van der Waals surface area contributed by atoms with Crippen LogP contribution in [-0.2, 0) is 13.0 Å². The van der Waals surface area contributed by atoms with Crippen molar-refractivity contribution < 1.29 is 5.11 Å². The first-order valence-electron chi connectivity index (χ1n) is 6.41. The number of hydrogen-bond donors (Lipinski definition) is 2. The minimum Gasteiger partial charge on any atom is -0.392 e. The van der Waals surface area contributed by atoms with Gasteiger partial charge in [0, 0.05) is 5.69 Å². The van der Waals surface area contributed by atoms with Gasteiger partial charge in [0.15, 0.2) is 0 Å². The van der Waals surface area contributed by atoms with Gasteiger partial charge in [-0.05, 0) is 41.7 Å². The molecule has 1 atom stereocenters. The predicted octanol–water partition coefficient (Wildman–Crippen LogP) is 3.28. The molecule has 2 nitrogen and oxygen atoms in total. The lowest BCUT2D eigenvalue weighted by molar-refractivity contribution is 0.282. The van der Waals surface area contributed by atoms with Gasteiger partial charge in [-0.2, -0.15) is 0 Å². The Morgan fingerprint density at radius 2 is 1.83 bits per heavy atom. The summed E-state index contributed by atoms with van der Waals surface area (Å²) in [6.45, 7) is 0.104. The first kappa shape index (κ1) is 11.3. The van der Waals surface area contributed by atoms with Crippen LogP contribution in [0.1, 0.15) is 29.2 Å². The molecular weight excluding hydrogens is 222 g/mol. The summed E-state index contributed by atoms with van der Waals surface area (Å²) >= 11 is 0. The number of benzene rings is 2. The molecule has 2 N–H and O–H groups in total. The van der Waals surface area contributed by atoms with Crippen molar-refractivity contribution in [3.8, 4) is 0 Å². The Morgan fingerprint density at radius 1 is 1.06 bits per heavy atom. The minimum atomic E-state index is 0.104. The van der Waals surface area contributed by atoms with Crippen LogP contribution >= 0.6 is 0 Å². The molecule has 2 aromatic carbocycles. The molecule has 2 aromatic rings. The summed E-state index contributed by atoms with van der Waals surface area (Å²) < 4.78 is 0. The molecule has 3 rings (SSSR count). The molecule has 18 heavy (non-hydrogen) atoms. The van der Waals surface area contributed by atoms with Crippen molar-refractivity contribution in [2.24, 2.45) is 0 Å². The first-order chi connectivity index (χ1) is 8.86. The molecule has 1 aliphatic rings. The highest BCUT2D eigenvalue weighted by Crippen LogP contribution is 2.33. The monoisotopic (exact) mass is 239 g/mol. The van der Waals surface area contributed by atoms with E-state index in [0.717, 1.165) is 24.1 Å². The van der Waals surface area contributed by atoms with Crippen LogP contribution in [0, 0.1) is 0 Å². The van der Waals surface area contributed by atoms with Gasteiger partial charge in [-0.15, -0.1) is 0 Å². The third-order valence-electron chi connectivity index (χ3n) is 3.61. The van der Waals surface area contributed by atoms with E-state index in [1.165, 1.54) is 11.1 Å². The summed E-state index contributed by atoms with van der Waals surface area (Å²) in [6, 6.07) is 17.0. The Morgan fingerprint density at radius 3 is 2.61 bits per heavy atom. The van der Waals surface area contributed by atoms with Crippen LogP contribution in [0.3, 0.4) is 0 Å². The highest BCUT2D eigenvalue weighted by atomic mass is 16.3. The number of aliphatic hydroxyl groups excluding tert-OH is 1. The second-order valence-electron chi connectivity index (χ2n) is 4.79. The SMILES string of the molecule is OCc1ccc(NC2CCc3ccccc32)cc1. The maximum atomic E-state index is 9.02. The Bertz CT molecular complexity index is 533. The summed E-state index contributed by atoms with van der Waals surface area (Å²) in [5.41, 5.74) is 4.95. The normalized spacial score (nSPS) is 17.5. The van der Waals surface area contributed by atoms with E-state index < -0.39 is 0 Å². The summed E-state index contributed by atoms with van der Waals surface area (Å²) in [7, 11) is 0. The largest absolute Gasteiger partial charge is 0.392 e. The first-order valence-corrected chi connectivity index (χ1v) is 6.41. The van der Waals surface area contributed by atoms with Crippen LogP contribution in [0.15, 0.2) is 48.5 Å². The van der Waals surface area contributed by atoms with Crippen LogP contribution in [0.5, 0.6) is 0 Å². The zero-order chi connectivity index (χ0) is 12.4. The molecule has 1 unspecified atom stereocenters. The molecule has 0 aromatic heterocycles. The highest BCUT2D eigenvalue weighted by Gasteiger charge is 2.21. The Hall–Kier alpha value is -1.80. The molecule has 0 aliphatic heterocycles. The quantitative estimate of drug-likeness (QED) is 0.861. The Labute approximate surface area is 107 Å². The third kappa shape index (κ3) is 2.12. The number of aliphatic hydroxyl groups is 1. The van der Waals surface area contributed by atoms with Gasteiger partial charge in [0.25, 0.3) is 0 Å². The number of hydrogen-bond acceptors (Lipinski definition) is 2. The third-order valence-corrected chi connectivity index (χ3v) is 3.61. The minimum absolute atomic E-state index is 0.104. The van der Waals surface area contributed by atoms with E-state index in [2.05, 4.69) is 29.6 Å².